The van der Waals surface area contributed by atoms with Gasteiger partial charge in [0.05, 0.1) is 10.9 Å². The molecule has 0 aliphatic carbocycles. The van der Waals surface area contributed by atoms with Gasteiger partial charge in [-0.25, -0.2) is 9.78 Å². The number of hydrogen-bond donors (Lipinski definition) is 3. The smallest absolute Gasteiger partial charge is 0.405 e. The van der Waals surface area contributed by atoms with Gasteiger partial charge in [-0.1, -0.05) is 30.3 Å². The number of aromatic amines is 1. The summed E-state index contributed by atoms with van der Waals surface area (Å²) in [4.78, 5) is 22.3. The third-order valence-electron chi connectivity index (χ3n) is 5.04. The highest BCUT2D eigenvalue weighted by Crippen LogP contribution is 2.34. The van der Waals surface area contributed by atoms with Gasteiger partial charge in [0.1, 0.15) is 9.77 Å². The fourth-order valence-corrected chi connectivity index (χ4v) is 4.27. The topological polar surface area (TPSA) is 131 Å². The molecule has 3 N–H and O–H groups in total. The first kappa shape index (κ1) is 18.4. The number of rotatable bonds is 3. The molecule has 0 bridgehead atoms. The number of piperidine rings is 1. The average molecular weight is 489 g/mol. The predicted octanol–water partition coefficient (Wildman–Crippen LogP) is 2.59. The number of nitriles is 1. The molecule has 10 heteroatoms. The van der Waals surface area contributed by atoms with Crippen molar-refractivity contribution in [3.63, 3.8) is 0 Å². The number of benzene rings is 1. The Balaban J connectivity index is 1.63. The van der Waals surface area contributed by atoms with Gasteiger partial charge in [-0.05, 0) is 41.0 Å². The van der Waals surface area contributed by atoms with Crippen LogP contribution in [0.5, 0.6) is 0 Å². The average Bonchev–Trinajstić information content (AvgIpc) is 3.09. The number of halogens is 1. The van der Waals surface area contributed by atoms with Crippen molar-refractivity contribution in [2.45, 2.75) is 18.4 Å². The summed E-state index contributed by atoms with van der Waals surface area (Å²) < 4.78 is 0.656. The molecule has 0 saturated carbocycles. The van der Waals surface area contributed by atoms with E-state index >= 15 is 0 Å². The Bertz CT molecular complexity index is 1070. The lowest BCUT2D eigenvalue weighted by atomic mass is 9.81. The highest BCUT2D eigenvalue weighted by atomic mass is 127. The fraction of sp³-hybridized carbons (Fsp3) is 0.278. The molecule has 0 radical (unpaired) electrons. The maximum Gasteiger partial charge on any atom is 0.405 e. The number of carboxylic acid groups (broad SMARTS) is 1. The molecule has 1 aromatic carbocycles. The molecule has 142 valence electrons. The highest BCUT2D eigenvalue weighted by molar-refractivity contribution is 14.1. The maximum atomic E-state index is 11.4. The molecular formula is C18H16IN7O2. The first-order valence-corrected chi connectivity index (χ1v) is 9.73. The number of nitrogens with one attached hydrogen (secondary N) is 2. The summed E-state index contributed by atoms with van der Waals surface area (Å²) in [5, 5.41) is 29.1. The van der Waals surface area contributed by atoms with Crippen LogP contribution in [0, 0.1) is 15.0 Å². The zero-order valence-electron chi connectivity index (χ0n) is 14.7. The van der Waals surface area contributed by atoms with E-state index in [1.807, 2.05) is 57.8 Å². The van der Waals surface area contributed by atoms with Gasteiger partial charge >= 0.3 is 6.09 Å². The predicted molar refractivity (Wildman–Crippen MR) is 110 cm³/mol. The summed E-state index contributed by atoms with van der Waals surface area (Å²) in [5.41, 5.74) is 1.08. The minimum atomic E-state index is -1.05. The molecule has 1 fully saturated rings. The molecule has 9 nitrogen and oxygen atoms in total. The van der Waals surface area contributed by atoms with Gasteiger partial charge in [0.25, 0.3) is 0 Å². The van der Waals surface area contributed by atoms with Crippen molar-refractivity contribution in [1.29, 1.82) is 5.26 Å². The number of hydrogen-bond acceptors (Lipinski definition) is 6. The van der Waals surface area contributed by atoms with E-state index in [9.17, 15) is 15.2 Å². The first-order valence-electron chi connectivity index (χ1n) is 8.66. The lowest BCUT2D eigenvalue weighted by Gasteiger charge is -2.42. The van der Waals surface area contributed by atoms with E-state index in [0.717, 1.165) is 5.56 Å². The first-order chi connectivity index (χ1) is 13.5. The van der Waals surface area contributed by atoms with Crippen molar-refractivity contribution in [1.82, 2.24) is 25.5 Å². The second-order valence-corrected chi connectivity index (χ2v) is 7.61. The van der Waals surface area contributed by atoms with Crippen molar-refractivity contribution in [3.05, 3.63) is 45.3 Å². The van der Waals surface area contributed by atoms with Crippen LogP contribution in [-0.4, -0.2) is 44.5 Å². The van der Waals surface area contributed by atoms with Crippen molar-refractivity contribution in [2.24, 2.45) is 0 Å². The molecule has 0 unspecified atom stereocenters. The summed E-state index contributed by atoms with van der Waals surface area (Å²) in [6.45, 7) is 1.10. The molecule has 0 spiro atoms. The quantitative estimate of drug-likeness (QED) is 0.482. The van der Waals surface area contributed by atoms with E-state index in [1.54, 1.807) is 0 Å². The van der Waals surface area contributed by atoms with Gasteiger partial charge in [0.15, 0.2) is 11.3 Å². The summed E-state index contributed by atoms with van der Waals surface area (Å²) in [6.07, 6.45) is 0.0778. The second-order valence-electron chi connectivity index (χ2n) is 6.59. The summed E-state index contributed by atoms with van der Waals surface area (Å²) in [6, 6.07) is 11.7. The lowest BCUT2D eigenvalue weighted by molar-refractivity contribution is 0.167. The van der Waals surface area contributed by atoms with Crippen LogP contribution in [0.2, 0.25) is 0 Å². The van der Waals surface area contributed by atoms with Crippen molar-refractivity contribution < 1.29 is 9.90 Å². The van der Waals surface area contributed by atoms with Crippen LogP contribution >= 0.6 is 22.6 Å². The lowest BCUT2D eigenvalue weighted by Crippen LogP contribution is -2.53. The van der Waals surface area contributed by atoms with E-state index < -0.39 is 11.6 Å². The highest BCUT2D eigenvalue weighted by Gasteiger charge is 2.38. The molecular weight excluding hydrogens is 473 g/mol. The molecule has 3 heterocycles. The van der Waals surface area contributed by atoms with E-state index in [0.29, 0.717) is 46.6 Å². The third kappa shape index (κ3) is 3.22. The van der Waals surface area contributed by atoms with E-state index in [-0.39, 0.29) is 5.69 Å². The second kappa shape index (κ2) is 7.23. The zero-order valence-corrected chi connectivity index (χ0v) is 16.8. The van der Waals surface area contributed by atoms with E-state index in [2.05, 4.69) is 31.6 Å². The molecule has 3 aromatic rings. The van der Waals surface area contributed by atoms with Crippen LogP contribution < -0.4 is 10.2 Å². The number of carbonyl (C=O) groups is 1. The van der Waals surface area contributed by atoms with E-state index in [1.165, 1.54) is 0 Å². The van der Waals surface area contributed by atoms with Crippen molar-refractivity contribution in [3.8, 4) is 6.07 Å². The maximum absolute atomic E-state index is 11.4. The largest absolute Gasteiger partial charge is 0.465 e. The summed E-state index contributed by atoms with van der Waals surface area (Å²) in [7, 11) is 0. The number of amides is 1. The van der Waals surface area contributed by atoms with E-state index in [4.69, 9.17) is 0 Å². The number of aromatic nitrogens is 4. The number of anilines is 1. The van der Waals surface area contributed by atoms with Gasteiger partial charge in [-0.3, -0.25) is 5.10 Å². The molecule has 1 aliphatic rings. The fourth-order valence-electron chi connectivity index (χ4n) is 3.64. The Labute approximate surface area is 173 Å². The summed E-state index contributed by atoms with van der Waals surface area (Å²) >= 11 is 2.04. The van der Waals surface area contributed by atoms with Crippen LogP contribution in [0.25, 0.3) is 11.0 Å². The standard InChI is InChI=1S/C18H16IN7O2/c19-14-13-12(10-20)21-16(22-15(13)25-24-14)26-8-6-18(7-9-26,23-17(27)28)11-4-2-1-3-5-11/h1-5,23H,6-9H2,(H,27,28)(H,21,22,24,25). The van der Waals surface area contributed by atoms with Gasteiger partial charge < -0.3 is 15.3 Å². The molecule has 28 heavy (non-hydrogen) atoms. The normalized spacial score (nSPS) is 15.9. The Morgan fingerprint density at radius 1 is 1.29 bits per heavy atom. The van der Waals surface area contributed by atoms with Crippen molar-refractivity contribution >= 4 is 45.7 Å². The molecule has 4 rings (SSSR count). The minimum absolute atomic E-state index is 0.279. The molecule has 1 aliphatic heterocycles. The van der Waals surface area contributed by atoms with Crippen LogP contribution in [-0.2, 0) is 5.54 Å². The van der Waals surface area contributed by atoms with Crippen molar-refractivity contribution in [2.75, 3.05) is 18.0 Å². The Morgan fingerprint density at radius 2 is 2.00 bits per heavy atom. The Hall–Kier alpha value is -2.94. The van der Waals surface area contributed by atoms with Crippen LogP contribution in [0.4, 0.5) is 10.7 Å². The van der Waals surface area contributed by atoms with Crippen LogP contribution in [0.3, 0.4) is 0 Å². The number of nitrogens with zero attached hydrogens (tertiary/aromatic N) is 5. The molecule has 2 aromatic heterocycles. The number of fused-ring (bicyclic) bond motifs is 1. The Morgan fingerprint density at radius 3 is 2.64 bits per heavy atom. The van der Waals surface area contributed by atoms with Gasteiger partial charge in [-0.15, -0.1) is 0 Å². The van der Waals surface area contributed by atoms with Crippen LogP contribution in [0.1, 0.15) is 24.1 Å². The Kier molecular flexibility index (Phi) is 4.76. The van der Waals surface area contributed by atoms with Gasteiger partial charge in [0, 0.05) is 13.1 Å². The van der Waals surface area contributed by atoms with Crippen LogP contribution in [0.15, 0.2) is 30.3 Å². The third-order valence-corrected chi connectivity index (χ3v) is 5.82. The molecule has 0 atom stereocenters. The number of H-pyrrole nitrogens is 1. The summed E-state index contributed by atoms with van der Waals surface area (Å²) in [5.74, 6) is 0.445. The SMILES string of the molecule is N#Cc1nc(N2CCC(NC(=O)O)(c3ccccc3)CC2)nc2[nH]nc(I)c12. The molecule has 1 saturated heterocycles. The monoisotopic (exact) mass is 489 g/mol. The van der Waals surface area contributed by atoms with Gasteiger partial charge in [-0.2, -0.15) is 15.3 Å². The van der Waals surface area contributed by atoms with Gasteiger partial charge in [0.2, 0.25) is 5.95 Å². The molecule has 1 amide bonds. The minimum Gasteiger partial charge on any atom is -0.465 e. The zero-order chi connectivity index (χ0) is 19.7.